The maximum absolute atomic E-state index is 12.4. The van der Waals surface area contributed by atoms with Crippen LogP contribution in [0, 0.1) is 0 Å². The van der Waals surface area contributed by atoms with Crippen LogP contribution in [-0.4, -0.2) is 29.4 Å². The minimum absolute atomic E-state index is 0.0726. The Labute approximate surface area is 207 Å². The average molecular weight is 477 g/mol. The summed E-state index contributed by atoms with van der Waals surface area (Å²) < 4.78 is 0. The molecule has 0 bridgehead atoms. The summed E-state index contributed by atoms with van der Waals surface area (Å²) in [5.41, 5.74) is 1.02. The van der Waals surface area contributed by atoms with Crippen LogP contribution in [0.1, 0.15) is 121 Å². The third-order valence-electron chi connectivity index (χ3n) is 6.60. The van der Waals surface area contributed by atoms with Crippen molar-refractivity contribution in [1.29, 1.82) is 0 Å². The van der Waals surface area contributed by atoms with Crippen molar-refractivity contribution < 1.29 is 9.90 Å². The first-order valence-electron chi connectivity index (χ1n) is 13.6. The lowest BCUT2D eigenvalue weighted by Gasteiger charge is -2.14. The van der Waals surface area contributed by atoms with Gasteiger partial charge < -0.3 is 10.4 Å². The summed E-state index contributed by atoms with van der Waals surface area (Å²) in [4.78, 5) is 12.4. The molecule has 2 atom stereocenters. The fourth-order valence-electron chi connectivity index (χ4n) is 4.51. The number of unbranched alkanes of at least 4 members (excludes halogenated alkanes) is 15. The Balaban J connectivity index is 1.35. The van der Waals surface area contributed by atoms with E-state index < -0.39 is 0 Å². The molecular weight excluding hydrogens is 428 g/mol. The number of carbonyl (C=O) groups excluding carboxylic acids is 1. The minimum Gasteiger partial charge on any atom is -0.508 e. The van der Waals surface area contributed by atoms with E-state index in [-0.39, 0.29) is 23.1 Å². The van der Waals surface area contributed by atoms with Crippen LogP contribution in [-0.2, 0) is 4.79 Å². The van der Waals surface area contributed by atoms with E-state index in [1.165, 1.54) is 96.3 Å². The number of hydrogen-bond donors (Lipinski definition) is 3. The third-order valence-corrected chi connectivity index (χ3v) is 7.87. The van der Waals surface area contributed by atoms with Crippen molar-refractivity contribution in [1.82, 2.24) is 10.6 Å². The van der Waals surface area contributed by atoms with Crippen molar-refractivity contribution in [3.8, 4) is 5.75 Å². The van der Waals surface area contributed by atoms with Gasteiger partial charge in [0.2, 0.25) is 5.91 Å². The largest absolute Gasteiger partial charge is 0.508 e. The van der Waals surface area contributed by atoms with Crippen LogP contribution in [0.5, 0.6) is 5.75 Å². The van der Waals surface area contributed by atoms with Gasteiger partial charge in [0.25, 0.3) is 0 Å². The van der Waals surface area contributed by atoms with Crippen LogP contribution >= 0.6 is 11.8 Å². The second-order valence-corrected chi connectivity index (χ2v) is 10.8. The number of benzene rings is 1. The molecule has 2 rings (SSSR count). The molecule has 4 nitrogen and oxygen atoms in total. The van der Waals surface area contributed by atoms with Gasteiger partial charge in [0, 0.05) is 12.3 Å². The van der Waals surface area contributed by atoms with Crippen molar-refractivity contribution in [2.45, 2.75) is 121 Å². The molecule has 0 spiro atoms. The van der Waals surface area contributed by atoms with Gasteiger partial charge in [0.1, 0.15) is 5.75 Å². The number of rotatable bonds is 19. The van der Waals surface area contributed by atoms with Gasteiger partial charge in [-0.05, 0) is 24.1 Å². The summed E-state index contributed by atoms with van der Waals surface area (Å²) in [7, 11) is 0. The van der Waals surface area contributed by atoms with Gasteiger partial charge in [-0.25, -0.2) is 0 Å². The Morgan fingerprint density at radius 3 is 2.00 bits per heavy atom. The number of thioether (sulfide) groups is 1. The first kappa shape index (κ1) is 28.0. The molecule has 188 valence electrons. The highest BCUT2D eigenvalue weighted by molar-refractivity contribution is 7.99. The van der Waals surface area contributed by atoms with Crippen molar-refractivity contribution in [3.63, 3.8) is 0 Å². The van der Waals surface area contributed by atoms with Gasteiger partial charge in [-0.3, -0.25) is 10.1 Å². The number of phenolic OH excluding ortho intramolecular Hbond substituents is 1. The Morgan fingerprint density at radius 2 is 1.45 bits per heavy atom. The van der Waals surface area contributed by atoms with Gasteiger partial charge in [-0.2, -0.15) is 0 Å². The van der Waals surface area contributed by atoms with Gasteiger partial charge in [0.05, 0.1) is 11.4 Å². The molecule has 0 aliphatic carbocycles. The molecule has 1 aromatic rings. The summed E-state index contributed by atoms with van der Waals surface area (Å²) in [5, 5.41) is 16.2. The van der Waals surface area contributed by atoms with E-state index >= 15 is 0 Å². The summed E-state index contributed by atoms with van der Waals surface area (Å²) in [5.74, 6) is 1.14. The molecule has 1 unspecified atom stereocenters. The molecule has 1 aromatic carbocycles. The first-order chi connectivity index (χ1) is 16.2. The molecule has 1 aliphatic rings. The molecule has 1 aliphatic heterocycles. The number of aromatic hydroxyl groups is 1. The van der Waals surface area contributed by atoms with E-state index in [0.29, 0.717) is 0 Å². The lowest BCUT2D eigenvalue weighted by Crippen LogP contribution is -2.42. The predicted molar refractivity (Wildman–Crippen MR) is 143 cm³/mol. The molecule has 0 aromatic heterocycles. The first-order valence-corrected chi connectivity index (χ1v) is 14.7. The third kappa shape index (κ3) is 12.7. The number of amides is 1. The van der Waals surface area contributed by atoms with E-state index in [0.717, 1.165) is 24.3 Å². The maximum Gasteiger partial charge on any atom is 0.238 e. The van der Waals surface area contributed by atoms with Crippen LogP contribution < -0.4 is 10.6 Å². The average Bonchev–Trinajstić information content (AvgIpc) is 3.31. The van der Waals surface area contributed by atoms with E-state index in [1.807, 2.05) is 12.1 Å². The molecule has 1 amide bonds. The Hall–Kier alpha value is -1.20. The summed E-state index contributed by atoms with van der Waals surface area (Å²) in [6, 6.07) is 7.12. The van der Waals surface area contributed by atoms with Gasteiger partial charge >= 0.3 is 0 Å². The quantitative estimate of drug-likeness (QED) is 0.181. The molecular formula is C28H48N2O2S. The molecule has 1 heterocycles. The standard InChI is InChI=1S/C28H48N2O2S/c1-2-3-4-5-6-7-8-9-10-11-12-13-14-15-16-17-21-29-27(32)26-23-33-28(30-26)24-19-18-20-25(31)22-24/h18-20,22,26,28,30-31H,2-17,21,23H2,1H3,(H,29,32)/t26-,28?/m0/s1. The van der Waals surface area contributed by atoms with Crippen LogP contribution in [0.2, 0.25) is 0 Å². The summed E-state index contributed by atoms with van der Waals surface area (Å²) in [6.45, 7) is 3.06. The van der Waals surface area contributed by atoms with Gasteiger partial charge in [0.15, 0.2) is 0 Å². The van der Waals surface area contributed by atoms with Crippen LogP contribution in [0.4, 0.5) is 0 Å². The van der Waals surface area contributed by atoms with Crippen molar-refractivity contribution >= 4 is 17.7 Å². The Kier molecular flexibility index (Phi) is 15.4. The topological polar surface area (TPSA) is 61.4 Å². The van der Waals surface area contributed by atoms with Crippen LogP contribution in [0.25, 0.3) is 0 Å². The number of carbonyl (C=O) groups is 1. The SMILES string of the molecule is CCCCCCCCCCCCCCCCCCNC(=O)[C@@H]1CSC(c2cccc(O)c2)N1. The zero-order chi connectivity index (χ0) is 23.6. The molecule has 1 fully saturated rings. The van der Waals surface area contributed by atoms with Gasteiger partial charge in [-0.1, -0.05) is 115 Å². The lowest BCUT2D eigenvalue weighted by molar-refractivity contribution is -0.122. The zero-order valence-corrected chi connectivity index (χ0v) is 21.8. The zero-order valence-electron chi connectivity index (χ0n) is 21.0. The highest BCUT2D eigenvalue weighted by Crippen LogP contribution is 2.33. The van der Waals surface area contributed by atoms with Gasteiger partial charge in [-0.15, -0.1) is 11.8 Å². The highest BCUT2D eigenvalue weighted by atomic mass is 32.2. The number of nitrogens with one attached hydrogen (secondary N) is 2. The number of hydrogen-bond acceptors (Lipinski definition) is 4. The minimum atomic E-state index is -0.150. The molecule has 0 saturated carbocycles. The Bertz CT molecular complexity index is 640. The smallest absolute Gasteiger partial charge is 0.238 e. The van der Waals surface area contributed by atoms with E-state index in [4.69, 9.17) is 0 Å². The number of phenols is 1. The van der Waals surface area contributed by atoms with E-state index in [2.05, 4.69) is 17.6 Å². The maximum atomic E-state index is 12.4. The molecule has 0 radical (unpaired) electrons. The second-order valence-electron chi connectivity index (χ2n) is 9.62. The fourth-order valence-corrected chi connectivity index (χ4v) is 5.74. The summed E-state index contributed by atoms with van der Waals surface area (Å²) in [6.07, 6.45) is 21.8. The van der Waals surface area contributed by atoms with E-state index in [9.17, 15) is 9.90 Å². The van der Waals surface area contributed by atoms with Crippen molar-refractivity contribution in [2.24, 2.45) is 0 Å². The highest BCUT2D eigenvalue weighted by Gasteiger charge is 2.30. The van der Waals surface area contributed by atoms with Crippen LogP contribution in [0.15, 0.2) is 24.3 Å². The summed E-state index contributed by atoms with van der Waals surface area (Å²) >= 11 is 1.72. The monoisotopic (exact) mass is 476 g/mol. The van der Waals surface area contributed by atoms with E-state index in [1.54, 1.807) is 23.9 Å². The fraction of sp³-hybridized carbons (Fsp3) is 0.750. The Morgan fingerprint density at radius 1 is 0.909 bits per heavy atom. The van der Waals surface area contributed by atoms with Crippen LogP contribution in [0.3, 0.4) is 0 Å². The molecule has 5 heteroatoms. The lowest BCUT2D eigenvalue weighted by atomic mass is 10.0. The molecule has 3 N–H and O–H groups in total. The van der Waals surface area contributed by atoms with Crippen molar-refractivity contribution in [3.05, 3.63) is 29.8 Å². The van der Waals surface area contributed by atoms with Crippen molar-refractivity contribution in [2.75, 3.05) is 12.3 Å². The molecule has 1 saturated heterocycles. The molecule has 33 heavy (non-hydrogen) atoms. The second kappa shape index (κ2) is 18.2. The normalized spacial score (nSPS) is 18.0. The predicted octanol–water partition coefficient (Wildman–Crippen LogP) is 7.47.